The number of carbonyl (C=O) groups excluding carboxylic acids is 3. The molecule has 0 saturated carbocycles. The Morgan fingerprint density at radius 2 is 1.92 bits per heavy atom. The van der Waals surface area contributed by atoms with E-state index in [1.54, 1.807) is 18.3 Å². The van der Waals surface area contributed by atoms with Gasteiger partial charge in [-0.15, -0.1) is 21.5 Å². The SMILES string of the molecule is CCOC(=O)C(Cc1ccccc1)NC(=O)C1(NC(=O)CSc2nnc(-c3cccs3)n2C)CCNCC1. The number of hydrogen-bond acceptors (Lipinski definition) is 9. The zero-order valence-corrected chi connectivity index (χ0v) is 23.1. The van der Waals surface area contributed by atoms with Gasteiger partial charge in [-0.2, -0.15) is 0 Å². The average Bonchev–Trinajstić information content (AvgIpc) is 3.58. The van der Waals surface area contributed by atoms with Crippen molar-refractivity contribution in [1.29, 1.82) is 0 Å². The monoisotopic (exact) mass is 556 g/mol. The molecule has 38 heavy (non-hydrogen) atoms. The van der Waals surface area contributed by atoms with Gasteiger partial charge >= 0.3 is 5.97 Å². The highest BCUT2D eigenvalue weighted by Crippen LogP contribution is 2.26. The smallest absolute Gasteiger partial charge is 0.328 e. The number of nitrogens with zero attached hydrogens (tertiary/aromatic N) is 3. The van der Waals surface area contributed by atoms with Gasteiger partial charge < -0.3 is 25.3 Å². The average molecular weight is 557 g/mol. The highest BCUT2D eigenvalue weighted by atomic mass is 32.2. The van der Waals surface area contributed by atoms with Gasteiger partial charge in [0.25, 0.3) is 0 Å². The molecule has 4 rings (SSSR count). The van der Waals surface area contributed by atoms with Crippen molar-refractivity contribution in [2.75, 3.05) is 25.4 Å². The van der Waals surface area contributed by atoms with Gasteiger partial charge in [0, 0.05) is 13.5 Å². The summed E-state index contributed by atoms with van der Waals surface area (Å²) in [6.07, 6.45) is 1.10. The van der Waals surface area contributed by atoms with E-state index in [0.29, 0.717) is 37.5 Å². The van der Waals surface area contributed by atoms with Crippen LogP contribution in [0, 0.1) is 0 Å². The van der Waals surface area contributed by atoms with E-state index >= 15 is 0 Å². The van der Waals surface area contributed by atoms with Crippen molar-refractivity contribution in [1.82, 2.24) is 30.7 Å². The number of esters is 1. The van der Waals surface area contributed by atoms with Crippen molar-refractivity contribution in [3.8, 4) is 10.7 Å². The minimum Gasteiger partial charge on any atom is -0.464 e. The van der Waals surface area contributed by atoms with E-state index in [4.69, 9.17) is 4.74 Å². The van der Waals surface area contributed by atoms with E-state index in [9.17, 15) is 14.4 Å². The molecule has 0 bridgehead atoms. The number of thiophene rings is 1. The van der Waals surface area contributed by atoms with Crippen molar-refractivity contribution in [3.63, 3.8) is 0 Å². The Hall–Kier alpha value is -3.22. The lowest BCUT2D eigenvalue weighted by Crippen LogP contribution is -2.65. The number of rotatable bonds is 11. The molecule has 1 saturated heterocycles. The molecule has 202 valence electrons. The lowest BCUT2D eigenvalue weighted by molar-refractivity contribution is -0.148. The zero-order valence-electron chi connectivity index (χ0n) is 21.4. The number of aromatic nitrogens is 3. The van der Waals surface area contributed by atoms with Crippen LogP contribution in [-0.2, 0) is 32.6 Å². The first-order valence-electron chi connectivity index (χ1n) is 12.5. The Bertz CT molecular complexity index is 1230. The fourth-order valence-electron chi connectivity index (χ4n) is 4.34. The maximum atomic E-state index is 13.6. The van der Waals surface area contributed by atoms with E-state index in [0.717, 1.165) is 16.3 Å². The fourth-order valence-corrected chi connectivity index (χ4v) is 5.79. The summed E-state index contributed by atoms with van der Waals surface area (Å²) in [6, 6.07) is 12.5. The molecule has 2 aromatic heterocycles. The maximum absolute atomic E-state index is 13.6. The number of carbonyl (C=O) groups is 3. The lowest BCUT2D eigenvalue weighted by atomic mass is 9.86. The molecule has 10 nitrogen and oxygen atoms in total. The number of hydrogen-bond donors (Lipinski definition) is 3. The Kier molecular flexibility index (Phi) is 9.53. The van der Waals surface area contributed by atoms with Crippen molar-refractivity contribution in [2.45, 2.75) is 42.9 Å². The molecular formula is C26H32N6O4S2. The summed E-state index contributed by atoms with van der Waals surface area (Å²) in [5, 5.41) is 20.1. The number of ether oxygens (including phenoxy) is 1. The Balaban J connectivity index is 1.43. The van der Waals surface area contributed by atoms with Crippen LogP contribution in [-0.4, -0.2) is 69.6 Å². The summed E-state index contributed by atoms with van der Waals surface area (Å²) in [7, 11) is 1.86. The van der Waals surface area contributed by atoms with Crippen molar-refractivity contribution >= 4 is 40.9 Å². The zero-order chi connectivity index (χ0) is 27.0. The molecule has 1 atom stereocenters. The van der Waals surface area contributed by atoms with Crippen LogP contribution in [0.15, 0.2) is 53.0 Å². The van der Waals surface area contributed by atoms with Crippen molar-refractivity contribution in [2.24, 2.45) is 7.05 Å². The van der Waals surface area contributed by atoms with E-state index < -0.39 is 17.6 Å². The quantitative estimate of drug-likeness (QED) is 0.242. The summed E-state index contributed by atoms with van der Waals surface area (Å²) in [5.74, 6) is -0.363. The third kappa shape index (κ3) is 6.80. The Morgan fingerprint density at radius 1 is 1.16 bits per heavy atom. The molecule has 1 aromatic carbocycles. The van der Waals surface area contributed by atoms with Crippen LogP contribution in [0.5, 0.6) is 0 Å². The summed E-state index contributed by atoms with van der Waals surface area (Å²) >= 11 is 2.83. The van der Waals surface area contributed by atoms with Crippen LogP contribution in [0.25, 0.3) is 10.7 Å². The lowest BCUT2D eigenvalue weighted by Gasteiger charge is -2.37. The first kappa shape index (κ1) is 27.8. The van der Waals surface area contributed by atoms with Crippen LogP contribution < -0.4 is 16.0 Å². The van der Waals surface area contributed by atoms with Crippen LogP contribution in [0.3, 0.4) is 0 Å². The standard InChI is InChI=1S/C26H32N6O4S2/c1-3-36-23(34)19(16-18-8-5-4-6-9-18)28-24(35)26(11-13-27-14-12-26)29-21(33)17-38-25-31-30-22(32(25)2)20-10-7-15-37-20/h4-10,15,19,27H,3,11-14,16-17H2,1-2H3,(H,28,35)(H,29,33). The molecule has 3 N–H and O–H groups in total. The summed E-state index contributed by atoms with van der Waals surface area (Å²) in [4.78, 5) is 40.4. The molecule has 2 amide bonds. The third-order valence-electron chi connectivity index (χ3n) is 6.34. The second-order valence-electron chi connectivity index (χ2n) is 8.98. The van der Waals surface area contributed by atoms with Gasteiger partial charge in [0.05, 0.1) is 17.2 Å². The van der Waals surface area contributed by atoms with Gasteiger partial charge in [-0.3, -0.25) is 9.59 Å². The predicted molar refractivity (Wildman–Crippen MR) is 147 cm³/mol. The molecule has 3 heterocycles. The minimum atomic E-state index is -1.13. The number of thioether (sulfide) groups is 1. The van der Waals surface area contributed by atoms with Gasteiger partial charge in [-0.1, -0.05) is 48.2 Å². The second-order valence-corrected chi connectivity index (χ2v) is 10.9. The number of piperidine rings is 1. The molecule has 1 unspecified atom stereocenters. The third-order valence-corrected chi connectivity index (χ3v) is 8.22. The van der Waals surface area contributed by atoms with Gasteiger partial charge in [0.1, 0.15) is 11.6 Å². The van der Waals surface area contributed by atoms with Gasteiger partial charge in [0.15, 0.2) is 11.0 Å². The molecular weight excluding hydrogens is 524 g/mol. The topological polar surface area (TPSA) is 127 Å². The molecule has 0 aliphatic carbocycles. The summed E-state index contributed by atoms with van der Waals surface area (Å²) < 4.78 is 7.09. The Labute approximate surface area is 229 Å². The van der Waals surface area contributed by atoms with E-state index in [-0.39, 0.29) is 24.2 Å². The highest BCUT2D eigenvalue weighted by molar-refractivity contribution is 7.99. The number of amides is 2. The van der Waals surface area contributed by atoms with Crippen LogP contribution in [0.4, 0.5) is 0 Å². The molecule has 1 aliphatic rings. The molecule has 1 aliphatic heterocycles. The van der Waals surface area contributed by atoms with Gasteiger partial charge in [0.2, 0.25) is 11.8 Å². The first-order chi connectivity index (χ1) is 18.4. The number of nitrogens with one attached hydrogen (secondary N) is 3. The van der Waals surface area contributed by atoms with Crippen molar-refractivity contribution in [3.05, 3.63) is 53.4 Å². The van der Waals surface area contributed by atoms with Crippen molar-refractivity contribution < 1.29 is 19.1 Å². The normalized spacial score (nSPS) is 15.4. The molecule has 12 heteroatoms. The molecule has 3 aromatic rings. The Morgan fingerprint density at radius 3 is 2.61 bits per heavy atom. The first-order valence-corrected chi connectivity index (χ1v) is 14.4. The van der Waals surface area contributed by atoms with E-state index in [1.165, 1.54) is 11.8 Å². The molecule has 0 radical (unpaired) electrons. The van der Waals surface area contributed by atoms with Crippen LogP contribution >= 0.6 is 23.1 Å². The molecule has 1 fully saturated rings. The summed E-state index contributed by atoms with van der Waals surface area (Å²) in [6.45, 7) is 3.07. The molecule has 0 spiro atoms. The van der Waals surface area contributed by atoms with E-state index in [2.05, 4.69) is 26.1 Å². The largest absolute Gasteiger partial charge is 0.464 e. The van der Waals surface area contributed by atoms with Crippen LogP contribution in [0.2, 0.25) is 0 Å². The van der Waals surface area contributed by atoms with Gasteiger partial charge in [-0.25, -0.2) is 4.79 Å². The maximum Gasteiger partial charge on any atom is 0.328 e. The summed E-state index contributed by atoms with van der Waals surface area (Å²) in [5.41, 5.74) is -0.233. The minimum absolute atomic E-state index is 0.0736. The second kappa shape index (κ2) is 13.0. The fraction of sp³-hybridized carbons (Fsp3) is 0.423. The van der Waals surface area contributed by atoms with Crippen LogP contribution in [0.1, 0.15) is 25.3 Å². The predicted octanol–water partition coefficient (Wildman–Crippen LogP) is 2.16. The number of benzene rings is 1. The van der Waals surface area contributed by atoms with Gasteiger partial charge in [-0.05, 0) is 49.9 Å². The van der Waals surface area contributed by atoms with E-state index in [1.807, 2.05) is 59.5 Å². The highest BCUT2D eigenvalue weighted by Gasteiger charge is 2.42.